The smallest absolute Gasteiger partial charge is 0.0718 e. The first-order chi connectivity index (χ1) is 20.3. The topological polar surface area (TPSA) is 100 Å². The van der Waals surface area contributed by atoms with Gasteiger partial charge >= 0.3 is 176 Å². The zero-order chi connectivity index (χ0) is 30.1. The van der Waals surface area contributed by atoms with E-state index < -0.39 is 26.2 Å². The van der Waals surface area contributed by atoms with Gasteiger partial charge in [-0.25, -0.2) is 0 Å². The molecule has 0 saturated carbocycles. The maximum atomic E-state index is 13.0. The number of aryl methyl sites for hydroxylation is 1. The van der Waals surface area contributed by atoms with E-state index in [0.29, 0.717) is 40.6 Å². The number of alkyl halides is 2. The monoisotopic (exact) mass is 707 g/mol. The zero-order valence-corrected chi connectivity index (χ0v) is 27.2. The van der Waals surface area contributed by atoms with Crippen molar-refractivity contribution in [2.24, 2.45) is 0 Å². The number of piperidine rings is 1. The van der Waals surface area contributed by atoms with Crippen LogP contribution in [0.4, 0.5) is 16.2 Å². The molecule has 3 N–H and O–H groups in total. The molecule has 8 nitrogen and oxygen atoms in total. The number of carbonyl (C=O) groups excluding carboxylic acids is 2. The van der Waals surface area contributed by atoms with Gasteiger partial charge in [-0.15, -0.1) is 0 Å². The van der Waals surface area contributed by atoms with E-state index in [1.165, 1.54) is 7.11 Å². The van der Waals surface area contributed by atoms with E-state index in [-0.39, 0.29) is 25.0 Å². The van der Waals surface area contributed by atoms with Gasteiger partial charge in [-0.05, 0) is 6.07 Å². The fourth-order valence-electron chi connectivity index (χ4n) is 4.98. The van der Waals surface area contributed by atoms with Crippen LogP contribution in [-0.4, -0.2) is 56.4 Å². The van der Waals surface area contributed by atoms with Crippen molar-refractivity contribution in [2.45, 2.75) is 44.8 Å². The standard InChI is InChI=1S/C32H39ClIN3O5/c1-34(2)37-16-8-12-25(20-37)42-32(40)36-28-17-22(14-15-26(28)23-10-5-4-6-11-23)9-7-13-31(39)35-29-19-30(41-3)24(21-38)18-27(29)33/h4-6,10-11,14-15,17-19,25,38H,7-9,12-13,16,20-21H2,1-3H3,(H,35,39)(H,36,40). The predicted octanol–water partition coefficient (Wildman–Crippen LogP) is 7.16. The van der Waals surface area contributed by atoms with Crippen molar-refractivity contribution in [3.63, 3.8) is 0 Å². The van der Waals surface area contributed by atoms with Gasteiger partial charge in [0.15, 0.2) is 0 Å². The molecule has 226 valence electrons. The van der Waals surface area contributed by atoms with Gasteiger partial charge in [0.2, 0.25) is 5.91 Å². The molecule has 1 heterocycles. The summed E-state index contributed by atoms with van der Waals surface area (Å²) in [4.78, 5) is 30.3. The molecule has 1 aliphatic heterocycles. The van der Waals surface area contributed by atoms with Crippen LogP contribution >= 0.6 is 31.7 Å². The fourth-order valence-corrected chi connectivity index (χ4v) is 7.74. The molecule has 2 amide bonds. The number of halogens is 2. The second-order valence-corrected chi connectivity index (χ2v) is 16.2. The van der Waals surface area contributed by atoms with Crippen molar-refractivity contribution >= 4 is 55.1 Å². The number of rotatable bonds is 11. The minimum atomic E-state index is -1.11. The third kappa shape index (κ3) is 8.82. The summed E-state index contributed by atoms with van der Waals surface area (Å²) in [7, 11) is 1.50. The van der Waals surface area contributed by atoms with Gasteiger partial charge in [0.05, 0.1) is 24.4 Å². The van der Waals surface area contributed by atoms with E-state index in [2.05, 4.69) is 23.6 Å². The summed E-state index contributed by atoms with van der Waals surface area (Å²) >= 11 is 5.18. The van der Waals surface area contributed by atoms with E-state index in [1.54, 1.807) is 12.1 Å². The van der Waals surface area contributed by atoms with Crippen LogP contribution in [0.3, 0.4) is 0 Å². The van der Waals surface area contributed by atoms with Gasteiger partial charge in [-0.1, -0.05) is 11.6 Å². The zero-order valence-electron chi connectivity index (χ0n) is 24.3. The van der Waals surface area contributed by atoms with Gasteiger partial charge in [0.25, 0.3) is 0 Å². The molecule has 0 spiro atoms. The van der Waals surface area contributed by atoms with Gasteiger partial charge in [0.1, 0.15) is 5.75 Å². The molecule has 0 aromatic heterocycles. The number of nitrogens with zero attached hydrogens (tertiary/aromatic N) is 1. The molecule has 1 saturated heterocycles. The Balaban J connectivity index is 1.40. The Morgan fingerprint density at radius 3 is 2.57 bits per heavy atom. The Morgan fingerprint density at radius 1 is 1.07 bits per heavy atom. The van der Waals surface area contributed by atoms with Crippen molar-refractivity contribution in [3.05, 3.63) is 76.8 Å². The summed E-state index contributed by atoms with van der Waals surface area (Å²) in [6.07, 6.45) is 2.90. The largest absolute Gasteiger partial charge is 0.392 e. The van der Waals surface area contributed by atoms with E-state index in [1.807, 2.05) is 48.5 Å². The first-order valence-corrected chi connectivity index (χ1v) is 19.6. The van der Waals surface area contributed by atoms with Crippen molar-refractivity contribution in [1.29, 1.82) is 0 Å². The van der Waals surface area contributed by atoms with Gasteiger partial charge in [-0.3, -0.25) is 4.79 Å². The quantitative estimate of drug-likeness (QED) is 0.111. The molecule has 1 unspecified atom stereocenters. The van der Waals surface area contributed by atoms with Crippen molar-refractivity contribution < 1.29 is 24.2 Å². The van der Waals surface area contributed by atoms with Gasteiger partial charge in [0, 0.05) is 11.6 Å². The van der Waals surface area contributed by atoms with E-state index in [9.17, 15) is 14.7 Å². The van der Waals surface area contributed by atoms with Crippen LogP contribution in [-0.2, 0) is 22.6 Å². The second kappa shape index (κ2) is 15.6. The summed E-state index contributed by atoms with van der Waals surface area (Å²) in [6, 6.07) is 19.1. The van der Waals surface area contributed by atoms with Gasteiger partial charge in [-0.2, -0.15) is 0 Å². The first-order valence-electron chi connectivity index (χ1n) is 14.0. The molecule has 1 fully saturated rings. The molecule has 42 heavy (non-hydrogen) atoms. The average Bonchev–Trinajstić information content (AvgIpc) is 2.98. The molecule has 4 rings (SSSR count). The number of benzene rings is 3. The van der Waals surface area contributed by atoms with Crippen molar-refractivity contribution in [2.75, 3.05) is 40.7 Å². The van der Waals surface area contributed by atoms with E-state index in [4.69, 9.17) is 21.1 Å². The Labute approximate surface area is 260 Å². The van der Waals surface area contributed by atoms with Crippen LogP contribution in [0, 0.1) is 0 Å². The average molecular weight is 708 g/mol. The number of aliphatic hydroxyl groups excluding tert-OH is 1. The molecule has 0 radical (unpaired) electrons. The van der Waals surface area contributed by atoms with Crippen LogP contribution in [0.15, 0.2) is 60.7 Å². The number of methoxy groups -OCH3 is 1. The summed E-state index contributed by atoms with van der Waals surface area (Å²) in [6.45, 7) is 1.69. The maximum absolute atomic E-state index is 13.0. The van der Waals surface area contributed by atoms with Crippen LogP contribution in [0.25, 0.3) is 11.1 Å². The molecule has 3 aromatic rings. The molecule has 1 atom stereocenters. The molecular formula is C32H39ClIN3O5. The van der Waals surface area contributed by atoms with E-state index >= 15 is 0 Å². The second-order valence-electron chi connectivity index (χ2n) is 10.3. The Hall–Kier alpha value is -2.86. The summed E-state index contributed by atoms with van der Waals surface area (Å²) in [5.74, 6) is 0.280. The number of aliphatic hydroxyl groups is 1. The summed E-state index contributed by atoms with van der Waals surface area (Å²) in [5, 5.41) is 15.6. The molecular weight excluding hydrogens is 669 g/mol. The van der Waals surface area contributed by atoms with Crippen LogP contribution in [0.1, 0.15) is 36.8 Å². The first kappa shape index (κ1) is 32.1. The molecule has 10 heteroatoms. The third-order valence-electron chi connectivity index (χ3n) is 7.17. The van der Waals surface area contributed by atoms with E-state index in [0.717, 1.165) is 42.6 Å². The third-order valence-corrected chi connectivity index (χ3v) is 11.1. The number of anilines is 2. The van der Waals surface area contributed by atoms with Crippen LogP contribution < -0.4 is 15.4 Å². The van der Waals surface area contributed by atoms with Gasteiger partial charge < -0.3 is 15.2 Å². The number of ether oxygens (including phenoxy) is 2. The Morgan fingerprint density at radius 2 is 1.86 bits per heavy atom. The molecule has 0 aliphatic carbocycles. The molecule has 0 bridgehead atoms. The number of nitrogens with one attached hydrogen (secondary N) is 2. The van der Waals surface area contributed by atoms with Crippen molar-refractivity contribution in [1.82, 2.24) is 3.11 Å². The Kier molecular flexibility index (Phi) is 11.9. The molecule has 3 aromatic carbocycles. The predicted molar refractivity (Wildman–Crippen MR) is 178 cm³/mol. The maximum Gasteiger partial charge on any atom is 0.0718 e. The SMILES string of the molecule is COc1cc(NC(=O)CCCc2ccc(-c3ccccc3)c(NC(=O)OC3CCCN(I(C)C)C3)c2)c(Cl)cc1CO. The Bertz CT molecular complexity index is 1370. The van der Waals surface area contributed by atoms with Crippen LogP contribution in [0.2, 0.25) is 5.02 Å². The molecule has 1 aliphatic rings. The number of hydrogen-bond acceptors (Lipinski definition) is 6. The minimum absolute atomic E-state index is 0.103. The van der Waals surface area contributed by atoms with Crippen molar-refractivity contribution in [3.8, 4) is 16.9 Å². The number of hydrogen-bond donors (Lipinski definition) is 3. The number of amides is 2. The normalized spacial score (nSPS) is 15.5. The number of carbonyl (C=O) groups is 2. The minimum Gasteiger partial charge on any atom is -0.392 e. The van der Waals surface area contributed by atoms with Crippen LogP contribution in [0.5, 0.6) is 5.75 Å². The fraction of sp³-hybridized carbons (Fsp3) is 0.375. The summed E-state index contributed by atoms with van der Waals surface area (Å²) < 4.78 is 13.6. The summed E-state index contributed by atoms with van der Waals surface area (Å²) in [5.41, 5.74) is 4.57.